The van der Waals surface area contributed by atoms with Crippen molar-refractivity contribution in [3.05, 3.63) is 209 Å². The van der Waals surface area contributed by atoms with E-state index < -0.39 is 12.1 Å². The van der Waals surface area contributed by atoms with Gasteiger partial charge in [-0.05, 0) is 57.5 Å². The summed E-state index contributed by atoms with van der Waals surface area (Å²) in [6.45, 7) is 1.83. The zero-order valence-electron chi connectivity index (χ0n) is 31.8. The summed E-state index contributed by atoms with van der Waals surface area (Å²) in [5.41, 5.74) is 7.75. The Morgan fingerprint density at radius 3 is 1.54 bits per heavy atom. The Labute approximate surface area is 339 Å². The van der Waals surface area contributed by atoms with Gasteiger partial charge in [0.1, 0.15) is 24.1 Å². The first-order valence-electron chi connectivity index (χ1n) is 19.3. The molecule has 5 atom stereocenters. The van der Waals surface area contributed by atoms with Gasteiger partial charge in [0.05, 0.1) is 43.5 Å². The second-order valence-electron chi connectivity index (χ2n) is 14.1. The van der Waals surface area contributed by atoms with Crippen LogP contribution in [0, 0.1) is 0 Å². The zero-order valence-corrected chi connectivity index (χ0v) is 32.6. The first-order chi connectivity index (χ1) is 28.1. The van der Waals surface area contributed by atoms with Crippen LogP contribution in [0.4, 0.5) is 0 Å². The molecule has 57 heavy (non-hydrogen) atoms. The summed E-state index contributed by atoms with van der Waals surface area (Å²) >= 11 is 1.84. The lowest BCUT2D eigenvalue weighted by Gasteiger charge is -2.46. The molecular formula is C49H48O7S. The Kier molecular flexibility index (Phi) is 14.6. The van der Waals surface area contributed by atoms with E-state index >= 15 is 0 Å². The summed E-state index contributed by atoms with van der Waals surface area (Å²) in [5, 5.41) is 8.81. The quantitative estimate of drug-likeness (QED) is 0.0871. The third kappa shape index (κ3) is 11.9. The van der Waals surface area contributed by atoms with Crippen molar-refractivity contribution in [2.75, 3.05) is 13.2 Å². The number of carbonyl (C=O) groups is 1. The molecule has 1 aliphatic rings. The van der Waals surface area contributed by atoms with Crippen LogP contribution in [0.2, 0.25) is 0 Å². The molecule has 0 saturated carbocycles. The van der Waals surface area contributed by atoms with Gasteiger partial charge in [0.15, 0.2) is 6.61 Å². The van der Waals surface area contributed by atoms with Gasteiger partial charge < -0.3 is 28.8 Å². The largest absolute Gasteiger partial charge is 0.482 e. The third-order valence-electron chi connectivity index (χ3n) is 9.86. The van der Waals surface area contributed by atoms with Gasteiger partial charge >= 0.3 is 5.97 Å². The van der Waals surface area contributed by atoms with Crippen molar-refractivity contribution in [2.45, 2.75) is 61.7 Å². The number of aliphatic carboxylic acids is 1. The van der Waals surface area contributed by atoms with E-state index in [-0.39, 0.29) is 29.3 Å². The van der Waals surface area contributed by atoms with E-state index in [0.717, 1.165) is 38.9 Å². The maximum Gasteiger partial charge on any atom is 0.341 e. The summed E-state index contributed by atoms with van der Waals surface area (Å²) in [6, 6.07) is 57.4. The molecule has 6 aromatic rings. The molecule has 1 saturated heterocycles. The van der Waals surface area contributed by atoms with E-state index in [1.54, 1.807) is 0 Å². The minimum Gasteiger partial charge on any atom is -0.482 e. The number of hydrogen-bond acceptors (Lipinski definition) is 7. The number of benzene rings is 6. The van der Waals surface area contributed by atoms with E-state index in [0.29, 0.717) is 45.2 Å². The lowest BCUT2D eigenvalue weighted by Crippen LogP contribution is -2.54. The lowest BCUT2D eigenvalue weighted by molar-refractivity contribution is -0.160. The van der Waals surface area contributed by atoms with Crippen LogP contribution in [0.15, 0.2) is 170 Å². The molecule has 0 radical (unpaired) electrons. The first-order valence-corrected chi connectivity index (χ1v) is 20.3. The summed E-state index contributed by atoms with van der Waals surface area (Å²) in [4.78, 5) is 11.0. The standard InChI is InChI=1S/C49H48O7S/c50-45(51)35-53-43-26-24-36(25-27-43)28-41-22-13-23-42(29-41)49-48(56-33-40-20-11-4-12-21-40)47(55-32-39-18-9-3-10-19-39)46(54-31-38-16-7-2-8-17-38)44(57-49)34-52-30-37-14-5-1-6-15-37/h1-27,29,44,46-49H,28,30-35H2,(H,50,51)/t44-,46-,47+,48-,49?/m1/s1. The predicted molar refractivity (Wildman–Crippen MR) is 224 cm³/mol. The summed E-state index contributed by atoms with van der Waals surface area (Å²) in [5.74, 6) is -0.479. The summed E-state index contributed by atoms with van der Waals surface area (Å²) in [7, 11) is 0. The Hall–Kier alpha value is -5.22. The minimum absolute atomic E-state index is 0.0817. The van der Waals surface area contributed by atoms with E-state index in [9.17, 15) is 4.79 Å². The second-order valence-corrected chi connectivity index (χ2v) is 15.5. The molecule has 7 rings (SSSR count). The van der Waals surface area contributed by atoms with Crippen molar-refractivity contribution >= 4 is 17.7 Å². The van der Waals surface area contributed by atoms with Gasteiger partial charge in [0, 0.05) is 0 Å². The van der Waals surface area contributed by atoms with Crippen molar-refractivity contribution < 1.29 is 33.6 Å². The van der Waals surface area contributed by atoms with E-state index in [2.05, 4.69) is 72.8 Å². The molecule has 292 valence electrons. The molecule has 7 nitrogen and oxygen atoms in total. The van der Waals surface area contributed by atoms with Crippen LogP contribution in [0.3, 0.4) is 0 Å². The molecule has 0 spiro atoms. The predicted octanol–water partition coefficient (Wildman–Crippen LogP) is 9.87. The van der Waals surface area contributed by atoms with Crippen LogP contribution in [0.5, 0.6) is 5.75 Å². The molecule has 1 heterocycles. The molecular weight excluding hydrogens is 733 g/mol. The van der Waals surface area contributed by atoms with Crippen molar-refractivity contribution in [1.29, 1.82) is 0 Å². The molecule has 1 unspecified atom stereocenters. The molecule has 1 N–H and O–H groups in total. The van der Waals surface area contributed by atoms with Crippen LogP contribution >= 0.6 is 11.8 Å². The maximum atomic E-state index is 11.0. The zero-order chi connectivity index (χ0) is 39.1. The maximum absolute atomic E-state index is 11.0. The average molecular weight is 781 g/mol. The van der Waals surface area contributed by atoms with Crippen LogP contribution in [0.1, 0.15) is 44.2 Å². The van der Waals surface area contributed by atoms with Crippen molar-refractivity contribution in [3.63, 3.8) is 0 Å². The molecule has 8 heteroatoms. The van der Waals surface area contributed by atoms with Gasteiger partial charge in [0.25, 0.3) is 0 Å². The van der Waals surface area contributed by atoms with Crippen molar-refractivity contribution in [3.8, 4) is 5.75 Å². The minimum atomic E-state index is -1.01. The van der Waals surface area contributed by atoms with Gasteiger partial charge in [-0.25, -0.2) is 4.79 Å². The number of carboxylic acids is 1. The van der Waals surface area contributed by atoms with E-state index in [1.807, 2.05) is 109 Å². The van der Waals surface area contributed by atoms with Crippen LogP contribution in [-0.4, -0.2) is 47.9 Å². The highest BCUT2D eigenvalue weighted by Crippen LogP contribution is 2.47. The lowest BCUT2D eigenvalue weighted by atomic mass is 9.94. The summed E-state index contributed by atoms with van der Waals surface area (Å²) < 4.78 is 32.9. The van der Waals surface area contributed by atoms with Crippen LogP contribution in [0.25, 0.3) is 0 Å². The monoisotopic (exact) mass is 780 g/mol. The Balaban J connectivity index is 1.22. The Morgan fingerprint density at radius 2 is 1.00 bits per heavy atom. The highest BCUT2D eigenvalue weighted by atomic mass is 32.2. The highest BCUT2D eigenvalue weighted by molar-refractivity contribution is 8.00. The number of hydrogen-bond donors (Lipinski definition) is 1. The average Bonchev–Trinajstić information content (AvgIpc) is 3.26. The topological polar surface area (TPSA) is 83.5 Å². The number of ether oxygens (including phenoxy) is 5. The van der Waals surface area contributed by atoms with Crippen molar-refractivity contribution in [2.24, 2.45) is 0 Å². The fourth-order valence-corrected chi connectivity index (χ4v) is 8.65. The highest BCUT2D eigenvalue weighted by Gasteiger charge is 2.48. The summed E-state index contributed by atoms with van der Waals surface area (Å²) in [6.07, 6.45) is -0.459. The van der Waals surface area contributed by atoms with E-state index in [4.69, 9.17) is 28.8 Å². The van der Waals surface area contributed by atoms with Crippen LogP contribution in [-0.2, 0) is 56.6 Å². The second kappa shape index (κ2) is 20.8. The smallest absolute Gasteiger partial charge is 0.341 e. The Bertz CT molecular complexity index is 2080. The third-order valence-corrected chi connectivity index (χ3v) is 11.4. The van der Waals surface area contributed by atoms with Crippen molar-refractivity contribution in [1.82, 2.24) is 0 Å². The fourth-order valence-electron chi connectivity index (χ4n) is 7.02. The van der Waals surface area contributed by atoms with Crippen LogP contribution < -0.4 is 4.74 Å². The van der Waals surface area contributed by atoms with Gasteiger partial charge in [-0.2, -0.15) is 0 Å². The molecule has 1 fully saturated rings. The molecule has 1 aliphatic heterocycles. The first kappa shape index (κ1) is 40.0. The molecule has 0 bridgehead atoms. The number of rotatable bonds is 19. The normalized spacial score (nSPS) is 19.2. The molecule has 6 aromatic carbocycles. The Morgan fingerprint density at radius 1 is 0.509 bits per heavy atom. The fraction of sp³-hybridized carbons (Fsp3) is 0.245. The van der Waals surface area contributed by atoms with Gasteiger partial charge in [-0.3, -0.25) is 0 Å². The number of thioether (sulfide) groups is 1. The molecule has 0 amide bonds. The van der Waals surface area contributed by atoms with E-state index in [1.165, 1.54) is 0 Å². The van der Waals surface area contributed by atoms with Gasteiger partial charge in [-0.15, -0.1) is 11.8 Å². The van der Waals surface area contributed by atoms with Gasteiger partial charge in [0.2, 0.25) is 0 Å². The molecule has 0 aliphatic carbocycles. The van der Waals surface area contributed by atoms with Gasteiger partial charge in [-0.1, -0.05) is 158 Å². The molecule has 0 aromatic heterocycles. The number of carboxylic acid groups (broad SMARTS) is 1. The SMILES string of the molecule is O=C(O)COc1ccc(Cc2cccc(C3S[C@H](COCc4ccccc4)[C@@H](OCc4ccccc4)[C@H](OCc4ccccc4)[C@H]3OCc3ccccc3)c2)cc1.